The van der Waals surface area contributed by atoms with Gasteiger partial charge in [0, 0.05) is 11.8 Å². The number of rotatable bonds is 4. The number of hydrogen-bond donors (Lipinski definition) is 0. The molecule has 0 atom stereocenters. The highest BCUT2D eigenvalue weighted by atomic mass is 16.6. The molecular weight excluding hydrogens is 242 g/mol. The quantitative estimate of drug-likeness (QED) is 0.780. The first kappa shape index (κ1) is 14.7. The Morgan fingerprint density at radius 2 is 1.95 bits per heavy atom. The second kappa shape index (κ2) is 7.16. The van der Waals surface area contributed by atoms with E-state index >= 15 is 0 Å². The molecule has 0 unspecified atom stereocenters. The fourth-order valence-electron chi connectivity index (χ4n) is 1.33. The van der Waals surface area contributed by atoms with Crippen molar-refractivity contribution in [2.24, 2.45) is 0 Å². The Morgan fingerprint density at radius 3 is 2.47 bits per heavy atom. The largest absolute Gasteiger partial charge is 0.449 e. The smallest absolute Gasteiger partial charge is 0.420 e. The van der Waals surface area contributed by atoms with Crippen molar-refractivity contribution in [3.63, 3.8) is 0 Å². The fraction of sp³-hybridized carbons (Fsp3) is 0.200. The molecule has 2 amide bonds. The highest BCUT2D eigenvalue weighted by Crippen LogP contribution is 2.07. The van der Waals surface area contributed by atoms with Crippen LogP contribution in [0.25, 0.3) is 6.08 Å². The van der Waals surface area contributed by atoms with E-state index in [4.69, 9.17) is 4.74 Å². The Balaban J connectivity index is 2.91. The molecule has 1 aromatic carbocycles. The van der Waals surface area contributed by atoms with E-state index in [0.717, 1.165) is 10.5 Å². The second-order valence-electron chi connectivity index (χ2n) is 3.88. The van der Waals surface area contributed by atoms with Gasteiger partial charge in [0.25, 0.3) is 5.91 Å². The molecule has 0 saturated heterocycles. The third-order valence-corrected chi connectivity index (χ3v) is 2.26. The third-order valence-electron chi connectivity index (χ3n) is 2.26. The first-order chi connectivity index (χ1) is 9.06. The fourth-order valence-corrected chi connectivity index (χ4v) is 1.33. The molecule has 0 N–H and O–H groups in total. The van der Waals surface area contributed by atoms with E-state index in [-0.39, 0.29) is 12.2 Å². The standard InChI is InChI=1S/C15H17NO3/c1-4-19-15(18)16(14(17)12(2)3)11-10-13-8-6-5-7-9-13/h5-11H,2,4H2,1,3H3. The van der Waals surface area contributed by atoms with Crippen molar-refractivity contribution in [2.75, 3.05) is 6.61 Å². The van der Waals surface area contributed by atoms with Crippen LogP contribution in [0.4, 0.5) is 4.79 Å². The molecule has 0 spiro atoms. The van der Waals surface area contributed by atoms with Gasteiger partial charge in [-0.3, -0.25) is 4.79 Å². The van der Waals surface area contributed by atoms with Gasteiger partial charge in [-0.2, -0.15) is 0 Å². The van der Waals surface area contributed by atoms with Crippen molar-refractivity contribution in [1.82, 2.24) is 4.90 Å². The summed E-state index contributed by atoms with van der Waals surface area (Å²) in [4.78, 5) is 24.5. The lowest BCUT2D eigenvalue weighted by atomic mass is 10.2. The number of carbonyl (C=O) groups is 2. The van der Waals surface area contributed by atoms with Crippen LogP contribution in [-0.2, 0) is 9.53 Å². The molecule has 0 aliphatic heterocycles. The Bertz CT molecular complexity index is 491. The molecule has 0 bridgehead atoms. The van der Waals surface area contributed by atoms with E-state index in [1.807, 2.05) is 30.3 Å². The van der Waals surface area contributed by atoms with Gasteiger partial charge in [-0.1, -0.05) is 36.9 Å². The maximum atomic E-state index is 11.9. The number of hydrogen-bond acceptors (Lipinski definition) is 3. The Morgan fingerprint density at radius 1 is 1.32 bits per heavy atom. The predicted octanol–water partition coefficient (Wildman–Crippen LogP) is 3.22. The van der Waals surface area contributed by atoms with Gasteiger partial charge in [-0.25, -0.2) is 9.69 Å². The SMILES string of the molecule is C=C(C)C(=O)N(C=Cc1ccccc1)C(=O)OCC. The van der Waals surface area contributed by atoms with E-state index in [1.165, 1.54) is 6.20 Å². The molecule has 0 saturated carbocycles. The minimum Gasteiger partial charge on any atom is -0.449 e. The van der Waals surface area contributed by atoms with Crippen molar-refractivity contribution in [3.8, 4) is 0 Å². The van der Waals surface area contributed by atoms with Crippen LogP contribution in [0, 0.1) is 0 Å². The van der Waals surface area contributed by atoms with Gasteiger partial charge in [0.2, 0.25) is 0 Å². The zero-order valence-corrected chi connectivity index (χ0v) is 11.1. The third kappa shape index (κ3) is 4.43. The van der Waals surface area contributed by atoms with Crippen molar-refractivity contribution < 1.29 is 14.3 Å². The van der Waals surface area contributed by atoms with E-state index in [2.05, 4.69) is 6.58 Å². The van der Waals surface area contributed by atoms with Crippen LogP contribution in [0.1, 0.15) is 19.4 Å². The van der Waals surface area contributed by atoms with Gasteiger partial charge in [-0.15, -0.1) is 0 Å². The zero-order chi connectivity index (χ0) is 14.3. The highest BCUT2D eigenvalue weighted by Gasteiger charge is 2.20. The van der Waals surface area contributed by atoms with Gasteiger partial charge in [0.1, 0.15) is 0 Å². The molecule has 19 heavy (non-hydrogen) atoms. The molecule has 0 aliphatic rings. The van der Waals surface area contributed by atoms with Gasteiger partial charge in [0.15, 0.2) is 0 Å². The van der Waals surface area contributed by atoms with Crippen LogP contribution in [0.5, 0.6) is 0 Å². The number of nitrogens with zero attached hydrogens (tertiary/aromatic N) is 1. The van der Waals surface area contributed by atoms with Crippen molar-refractivity contribution in [2.45, 2.75) is 13.8 Å². The molecule has 0 heterocycles. The summed E-state index contributed by atoms with van der Waals surface area (Å²) in [6.07, 6.45) is 2.35. The minimum absolute atomic E-state index is 0.206. The Kier molecular flexibility index (Phi) is 5.54. The lowest BCUT2D eigenvalue weighted by molar-refractivity contribution is -0.123. The average molecular weight is 259 g/mol. The molecule has 0 radical (unpaired) electrons. The Labute approximate surface area is 113 Å². The summed E-state index contributed by atoms with van der Waals surface area (Å²) in [5, 5.41) is 0. The molecule has 0 aliphatic carbocycles. The van der Waals surface area contributed by atoms with Crippen molar-refractivity contribution in [1.29, 1.82) is 0 Å². The highest BCUT2D eigenvalue weighted by molar-refractivity contribution is 6.02. The zero-order valence-electron chi connectivity index (χ0n) is 11.1. The summed E-state index contributed by atoms with van der Waals surface area (Å²) in [7, 11) is 0. The normalized spacial score (nSPS) is 10.2. The number of benzene rings is 1. The summed E-state index contributed by atoms with van der Waals surface area (Å²) >= 11 is 0. The second-order valence-corrected chi connectivity index (χ2v) is 3.88. The van der Waals surface area contributed by atoms with Crippen molar-refractivity contribution >= 4 is 18.1 Å². The maximum Gasteiger partial charge on any atom is 0.420 e. The first-order valence-electron chi connectivity index (χ1n) is 5.95. The molecule has 4 nitrogen and oxygen atoms in total. The number of carbonyl (C=O) groups excluding carboxylic acids is 2. The van der Waals surface area contributed by atoms with Crippen LogP contribution in [0.3, 0.4) is 0 Å². The topological polar surface area (TPSA) is 46.6 Å². The summed E-state index contributed by atoms with van der Waals surface area (Å²) in [6.45, 7) is 6.98. The number of amides is 2. The molecule has 1 rings (SSSR count). The van der Waals surface area contributed by atoms with E-state index < -0.39 is 12.0 Å². The maximum absolute atomic E-state index is 11.9. The monoisotopic (exact) mass is 259 g/mol. The molecule has 0 aromatic heterocycles. The first-order valence-corrected chi connectivity index (χ1v) is 5.95. The summed E-state index contributed by atoms with van der Waals surface area (Å²) in [5.74, 6) is -0.481. The summed E-state index contributed by atoms with van der Waals surface area (Å²) < 4.78 is 4.84. The molecule has 100 valence electrons. The van der Waals surface area contributed by atoms with Crippen LogP contribution < -0.4 is 0 Å². The van der Waals surface area contributed by atoms with Crippen LogP contribution in [0.2, 0.25) is 0 Å². The van der Waals surface area contributed by atoms with Crippen LogP contribution in [-0.4, -0.2) is 23.5 Å². The van der Waals surface area contributed by atoms with E-state index in [1.54, 1.807) is 19.9 Å². The van der Waals surface area contributed by atoms with E-state index in [0.29, 0.717) is 0 Å². The summed E-state index contributed by atoms with van der Waals surface area (Å²) in [5.41, 5.74) is 1.15. The van der Waals surface area contributed by atoms with Gasteiger partial charge >= 0.3 is 6.09 Å². The molecule has 4 heteroatoms. The molecule has 1 aromatic rings. The lowest BCUT2D eigenvalue weighted by Crippen LogP contribution is -2.33. The van der Waals surface area contributed by atoms with Gasteiger partial charge in [0.05, 0.1) is 6.61 Å². The molecule has 0 fully saturated rings. The van der Waals surface area contributed by atoms with Crippen LogP contribution >= 0.6 is 0 Å². The summed E-state index contributed by atoms with van der Waals surface area (Å²) in [6, 6.07) is 9.36. The average Bonchev–Trinajstić information content (AvgIpc) is 2.40. The number of imide groups is 1. The van der Waals surface area contributed by atoms with E-state index in [9.17, 15) is 9.59 Å². The lowest BCUT2D eigenvalue weighted by Gasteiger charge is -2.15. The molecular formula is C15H17NO3. The minimum atomic E-state index is -0.706. The predicted molar refractivity (Wildman–Crippen MR) is 74.2 cm³/mol. The number of ether oxygens (including phenoxy) is 1. The van der Waals surface area contributed by atoms with Crippen LogP contribution in [0.15, 0.2) is 48.7 Å². The Hall–Kier alpha value is -2.36. The van der Waals surface area contributed by atoms with Gasteiger partial charge < -0.3 is 4.74 Å². The van der Waals surface area contributed by atoms with Gasteiger partial charge in [-0.05, 0) is 25.5 Å². The van der Waals surface area contributed by atoms with Crippen molar-refractivity contribution in [3.05, 3.63) is 54.2 Å².